The number of piperidine rings is 1. The lowest BCUT2D eigenvalue weighted by Gasteiger charge is -2.39. The summed E-state index contributed by atoms with van der Waals surface area (Å²) in [4.78, 5) is 14.4. The molecule has 2 aliphatic rings. The van der Waals surface area contributed by atoms with E-state index in [9.17, 15) is 9.90 Å². The van der Waals surface area contributed by atoms with E-state index >= 15 is 0 Å². The molecule has 1 saturated carbocycles. The Morgan fingerprint density at radius 2 is 2.00 bits per heavy atom. The zero-order valence-corrected chi connectivity index (χ0v) is 11.9. The van der Waals surface area contributed by atoms with Gasteiger partial charge in [0.05, 0.1) is 0 Å². The van der Waals surface area contributed by atoms with E-state index in [4.69, 9.17) is 5.73 Å². The number of carbonyl (C=O) groups is 1. The van der Waals surface area contributed by atoms with Crippen LogP contribution in [0.1, 0.15) is 51.4 Å². The van der Waals surface area contributed by atoms with Gasteiger partial charge in [0.2, 0.25) is 5.91 Å². The van der Waals surface area contributed by atoms with Crippen LogP contribution < -0.4 is 5.73 Å². The quantitative estimate of drug-likeness (QED) is 0.812. The molecule has 0 aromatic heterocycles. The molecule has 1 atom stereocenters. The molecule has 0 aromatic carbocycles. The van der Waals surface area contributed by atoms with Gasteiger partial charge < -0.3 is 15.7 Å². The van der Waals surface area contributed by atoms with Crippen molar-refractivity contribution in [3.63, 3.8) is 0 Å². The second-order valence-electron chi connectivity index (χ2n) is 6.47. The molecule has 1 saturated heterocycles. The lowest BCUT2D eigenvalue weighted by molar-refractivity contribution is -0.136. The summed E-state index contributed by atoms with van der Waals surface area (Å²) in [7, 11) is 0. The number of hydrogen-bond acceptors (Lipinski definition) is 3. The van der Waals surface area contributed by atoms with Crippen LogP contribution >= 0.6 is 0 Å². The summed E-state index contributed by atoms with van der Waals surface area (Å²) in [5.41, 5.74) is 6.02. The Balaban J connectivity index is 1.91. The van der Waals surface area contributed by atoms with E-state index in [1.807, 2.05) is 4.90 Å². The number of hydrogen-bond donors (Lipinski definition) is 2. The molecule has 110 valence electrons. The maximum absolute atomic E-state index is 12.5. The fraction of sp³-hybridized carbons (Fsp3) is 0.933. The fourth-order valence-electron chi connectivity index (χ4n) is 3.63. The van der Waals surface area contributed by atoms with E-state index < -0.39 is 0 Å². The average Bonchev–Trinajstić information content (AvgIpc) is 2.48. The summed E-state index contributed by atoms with van der Waals surface area (Å²) in [6, 6.07) is 0. The summed E-state index contributed by atoms with van der Waals surface area (Å²) < 4.78 is 0. The van der Waals surface area contributed by atoms with Gasteiger partial charge in [0.1, 0.15) is 0 Å². The second-order valence-corrected chi connectivity index (χ2v) is 6.47. The predicted octanol–water partition coefficient (Wildman–Crippen LogP) is 1.52. The molecule has 3 N–H and O–H groups in total. The molecule has 1 aliphatic carbocycles. The molecule has 1 aliphatic heterocycles. The Morgan fingerprint density at radius 1 is 1.26 bits per heavy atom. The third-order valence-corrected chi connectivity index (χ3v) is 5.00. The van der Waals surface area contributed by atoms with Crippen molar-refractivity contribution in [2.24, 2.45) is 17.1 Å². The zero-order chi connectivity index (χ0) is 13.7. The molecule has 1 unspecified atom stereocenters. The highest BCUT2D eigenvalue weighted by molar-refractivity contribution is 5.77. The number of nitrogens with zero attached hydrogens (tertiary/aromatic N) is 1. The largest absolute Gasteiger partial charge is 0.396 e. The maximum atomic E-state index is 12.5. The fourth-order valence-corrected chi connectivity index (χ4v) is 3.63. The molecule has 2 rings (SSSR count). The van der Waals surface area contributed by atoms with Gasteiger partial charge in [0.15, 0.2) is 0 Å². The monoisotopic (exact) mass is 268 g/mol. The number of aliphatic hydroxyl groups is 1. The minimum atomic E-state index is 0.0570. The summed E-state index contributed by atoms with van der Waals surface area (Å²) in [6.07, 6.45) is 8.59. The molecule has 19 heavy (non-hydrogen) atoms. The van der Waals surface area contributed by atoms with Gasteiger partial charge in [-0.1, -0.05) is 19.3 Å². The molecular weight excluding hydrogens is 240 g/mol. The maximum Gasteiger partial charge on any atom is 0.223 e. The van der Waals surface area contributed by atoms with Crippen molar-refractivity contribution in [2.75, 3.05) is 26.2 Å². The highest BCUT2D eigenvalue weighted by Crippen LogP contribution is 2.39. The first-order valence-corrected chi connectivity index (χ1v) is 7.78. The molecule has 2 fully saturated rings. The Kier molecular flexibility index (Phi) is 5.22. The predicted molar refractivity (Wildman–Crippen MR) is 75.6 cm³/mol. The van der Waals surface area contributed by atoms with Crippen LogP contribution in [0.4, 0.5) is 0 Å². The molecular formula is C15H28N2O2. The SMILES string of the molecule is NCC1(CC(=O)N2CCCC(CO)C2)CCCCC1. The smallest absolute Gasteiger partial charge is 0.223 e. The normalized spacial score (nSPS) is 27.3. The van der Waals surface area contributed by atoms with E-state index in [0.717, 1.165) is 38.8 Å². The second kappa shape index (κ2) is 6.71. The van der Waals surface area contributed by atoms with Crippen LogP contribution in [-0.4, -0.2) is 42.2 Å². The number of nitrogens with two attached hydrogens (primary N) is 1. The molecule has 0 spiro atoms. The third-order valence-electron chi connectivity index (χ3n) is 5.00. The molecule has 0 radical (unpaired) electrons. The van der Waals surface area contributed by atoms with Gasteiger partial charge in [-0.15, -0.1) is 0 Å². The van der Waals surface area contributed by atoms with E-state index in [2.05, 4.69) is 0 Å². The van der Waals surface area contributed by atoms with Crippen LogP contribution in [-0.2, 0) is 4.79 Å². The van der Waals surface area contributed by atoms with Crippen molar-refractivity contribution in [2.45, 2.75) is 51.4 Å². The topological polar surface area (TPSA) is 66.6 Å². The number of likely N-dealkylation sites (tertiary alicyclic amines) is 1. The van der Waals surface area contributed by atoms with Crippen LogP contribution in [0.2, 0.25) is 0 Å². The van der Waals surface area contributed by atoms with Crippen molar-refractivity contribution in [1.82, 2.24) is 4.90 Å². The standard InChI is InChI=1S/C15H28N2O2/c16-12-15(6-2-1-3-7-15)9-14(19)17-8-4-5-13(10-17)11-18/h13,18H,1-12,16H2. The number of aliphatic hydroxyl groups excluding tert-OH is 1. The van der Waals surface area contributed by atoms with Gasteiger partial charge in [-0.2, -0.15) is 0 Å². The van der Waals surface area contributed by atoms with Crippen LogP contribution in [0.3, 0.4) is 0 Å². The third kappa shape index (κ3) is 3.69. The Bertz CT molecular complexity index is 301. The van der Waals surface area contributed by atoms with Crippen LogP contribution in [0.5, 0.6) is 0 Å². The van der Waals surface area contributed by atoms with E-state index in [-0.39, 0.29) is 23.8 Å². The Labute approximate surface area is 116 Å². The molecule has 1 amide bonds. The Morgan fingerprint density at radius 3 is 2.63 bits per heavy atom. The van der Waals surface area contributed by atoms with Gasteiger partial charge in [0, 0.05) is 26.1 Å². The molecule has 0 aromatic rings. The van der Waals surface area contributed by atoms with Crippen molar-refractivity contribution >= 4 is 5.91 Å². The molecule has 1 heterocycles. The van der Waals surface area contributed by atoms with E-state index in [1.165, 1.54) is 19.3 Å². The average molecular weight is 268 g/mol. The summed E-state index contributed by atoms with van der Waals surface area (Å²) >= 11 is 0. The minimum Gasteiger partial charge on any atom is -0.396 e. The number of rotatable bonds is 4. The van der Waals surface area contributed by atoms with Gasteiger partial charge in [-0.25, -0.2) is 0 Å². The van der Waals surface area contributed by atoms with Crippen molar-refractivity contribution in [3.05, 3.63) is 0 Å². The van der Waals surface area contributed by atoms with Gasteiger partial charge in [-0.05, 0) is 43.6 Å². The van der Waals surface area contributed by atoms with Crippen molar-refractivity contribution in [1.29, 1.82) is 0 Å². The first-order chi connectivity index (χ1) is 9.19. The summed E-state index contributed by atoms with van der Waals surface area (Å²) in [5.74, 6) is 0.531. The van der Waals surface area contributed by atoms with Gasteiger partial charge in [-0.3, -0.25) is 4.79 Å². The number of carbonyl (C=O) groups excluding carboxylic acids is 1. The molecule has 4 heteroatoms. The number of amides is 1. The first-order valence-electron chi connectivity index (χ1n) is 7.78. The van der Waals surface area contributed by atoms with Crippen LogP contribution in [0, 0.1) is 11.3 Å². The Hall–Kier alpha value is -0.610. The van der Waals surface area contributed by atoms with Crippen molar-refractivity contribution < 1.29 is 9.90 Å². The van der Waals surface area contributed by atoms with Crippen LogP contribution in [0.25, 0.3) is 0 Å². The lowest BCUT2D eigenvalue weighted by atomic mass is 9.71. The van der Waals surface area contributed by atoms with Crippen LogP contribution in [0.15, 0.2) is 0 Å². The van der Waals surface area contributed by atoms with E-state index in [1.54, 1.807) is 0 Å². The van der Waals surface area contributed by atoms with E-state index in [0.29, 0.717) is 13.0 Å². The zero-order valence-electron chi connectivity index (χ0n) is 11.9. The summed E-state index contributed by atoms with van der Waals surface area (Å²) in [6.45, 7) is 2.42. The van der Waals surface area contributed by atoms with Crippen molar-refractivity contribution in [3.8, 4) is 0 Å². The molecule has 0 bridgehead atoms. The van der Waals surface area contributed by atoms with Gasteiger partial charge in [0.25, 0.3) is 0 Å². The summed E-state index contributed by atoms with van der Waals surface area (Å²) in [5, 5.41) is 9.25. The lowest BCUT2D eigenvalue weighted by Crippen LogP contribution is -2.45. The molecule has 4 nitrogen and oxygen atoms in total. The van der Waals surface area contributed by atoms with Gasteiger partial charge >= 0.3 is 0 Å². The first kappa shape index (κ1) is 14.8. The minimum absolute atomic E-state index is 0.0570. The highest BCUT2D eigenvalue weighted by Gasteiger charge is 2.35. The highest BCUT2D eigenvalue weighted by atomic mass is 16.3.